The van der Waals surface area contributed by atoms with Gasteiger partial charge in [0.25, 0.3) is 5.91 Å². The van der Waals surface area contributed by atoms with E-state index in [4.69, 9.17) is 11.2 Å². The molecule has 0 heterocycles. The van der Waals surface area contributed by atoms with Gasteiger partial charge in [0.1, 0.15) is 17.7 Å². The lowest BCUT2D eigenvalue weighted by Gasteiger charge is -2.43. The fourth-order valence-corrected chi connectivity index (χ4v) is 5.25. The lowest BCUT2D eigenvalue weighted by Crippen LogP contribution is -2.58. The van der Waals surface area contributed by atoms with E-state index in [9.17, 15) is 14.4 Å². The number of hydrogen-bond acceptors (Lipinski definition) is 4. The van der Waals surface area contributed by atoms with Crippen LogP contribution in [-0.2, 0) is 20.7 Å². The zero-order valence-electron chi connectivity index (χ0n) is 26.8. The number of anilines is 1. The van der Waals surface area contributed by atoms with Crippen LogP contribution < -0.4 is 10.6 Å². The van der Waals surface area contributed by atoms with Crippen molar-refractivity contribution < 1.29 is 19.1 Å². The quantitative estimate of drug-likeness (QED) is 0.208. The molecule has 0 bridgehead atoms. The summed E-state index contributed by atoms with van der Waals surface area (Å²) in [6, 6.07) is 27.8. The number of nitrogens with one attached hydrogen (secondary N) is 2. The molecule has 0 aromatic heterocycles. The third-order valence-electron chi connectivity index (χ3n) is 7.17. The minimum Gasteiger partial charge on any atom is -0.444 e. The number of terminal acetylenes is 1. The molecule has 0 fully saturated rings. The molecule has 3 amide bonds. The zero-order valence-corrected chi connectivity index (χ0v) is 26.8. The van der Waals surface area contributed by atoms with Crippen molar-refractivity contribution in [3.05, 3.63) is 114 Å². The van der Waals surface area contributed by atoms with E-state index in [1.807, 2.05) is 93.6 Å². The Labute approximate surface area is 266 Å². The van der Waals surface area contributed by atoms with Crippen LogP contribution >= 0.6 is 0 Å². The number of nitrogens with zero attached hydrogens (tertiary/aromatic N) is 1. The summed E-state index contributed by atoms with van der Waals surface area (Å²) < 4.78 is 5.54. The van der Waals surface area contributed by atoms with E-state index in [0.717, 1.165) is 16.3 Å². The maximum Gasteiger partial charge on any atom is 0.408 e. The predicted octanol–water partition coefficient (Wildman–Crippen LogP) is 7.26. The molecule has 7 heteroatoms. The van der Waals surface area contributed by atoms with Gasteiger partial charge in [-0.15, -0.1) is 6.42 Å². The van der Waals surface area contributed by atoms with Gasteiger partial charge in [0, 0.05) is 23.2 Å². The molecule has 4 aromatic carbocycles. The average molecular weight is 604 g/mol. The Morgan fingerprint density at radius 2 is 1.44 bits per heavy atom. The summed E-state index contributed by atoms with van der Waals surface area (Å²) in [4.78, 5) is 43.7. The molecule has 0 saturated heterocycles. The highest BCUT2D eigenvalue weighted by Gasteiger charge is 2.42. The standard InChI is InChI=1S/C38H41N3O4/c1-8-27-18-14-15-21-31(27)33(34(42)39-30-23-22-28-19-12-13-20-29(28)25-30)41(37(2,3)4)35(43)32(24-26-16-10-9-11-17-26)40-36(44)45-38(5,6)7/h1,9-23,25,32-33H,24H2,2-7H3,(H,39,42)(H,40,44). The van der Waals surface area contributed by atoms with Crippen LogP contribution in [0, 0.1) is 12.3 Å². The minimum absolute atomic E-state index is 0.182. The molecule has 2 N–H and O–H groups in total. The van der Waals surface area contributed by atoms with E-state index in [1.165, 1.54) is 4.90 Å². The summed E-state index contributed by atoms with van der Waals surface area (Å²) in [5.74, 6) is 1.79. The van der Waals surface area contributed by atoms with Gasteiger partial charge in [-0.25, -0.2) is 4.79 Å². The average Bonchev–Trinajstić information content (AvgIpc) is 2.98. The fraction of sp³-hybridized carbons (Fsp3) is 0.289. The number of ether oxygens (including phenoxy) is 1. The van der Waals surface area contributed by atoms with Crippen molar-refractivity contribution in [3.8, 4) is 12.3 Å². The number of carbonyl (C=O) groups excluding carboxylic acids is 3. The summed E-state index contributed by atoms with van der Waals surface area (Å²) >= 11 is 0. The lowest BCUT2D eigenvalue weighted by atomic mass is 9.92. The first kappa shape index (κ1) is 32.8. The summed E-state index contributed by atoms with van der Waals surface area (Å²) in [7, 11) is 0. The van der Waals surface area contributed by atoms with Gasteiger partial charge in [0.05, 0.1) is 0 Å². The SMILES string of the molecule is C#Cc1ccccc1C(C(=O)Nc1ccc2ccccc2c1)N(C(=O)C(Cc1ccccc1)NC(=O)OC(C)(C)C)C(C)(C)C. The van der Waals surface area contributed by atoms with Crippen molar-refractivity contribution in [1.29, 1.82) is 0 Å². The normalized spacial score (nSPS) is 12.8. The van der Waals surface area contributed by atoms with E-state index in [1.54, 1.807) is 45.0 Å². The highest BCUT2D eigenvalue weighted by atomic mass is 16.6. The fourth-order valence-electron chi connectivity index (χ4n) is 5.25. The van der Waals surface area contributed by atoms with Crippen molar-refractivity contribution in [2.75, 3.05) is 5.32 Å². The lowest BCUT2D eigenvalue weighted by molar-refractivity contribution is -0.146. The molecule has 0 radical (unpaired) electrons. The summed E-state index contributed by atoms with van der Waals surface area (Å²) in [6.07, 6.45) is 5.37. The van der Waals surface area contributed by atoms with Crippen LogP contribution in [0.5, 0.6) is 0 Å². The molecule has 2 atom stereocenters. The van der Waals surface area contributed by atoms with Gasteiger partial charge in [0.15, 0.2) is 0 Å². The largest absolute Gasteiger partial charge is 0.444 e. The Bertz CT molecular complexity index is 1710. The van der Waals surface area contributed by atoms with Crippen LogP contribution in [0.3, 0.4) is 0 Å². The Balaban J connectivity index is 1.81. The topological polar surface area (TPSA) is 87.7 Å². The number of fused-ring (bicyclic) bond motifs is 1. The van der Waals surface area contributed by atoms with Gasteiger partial charge < -0.3 is 20.3 Å². The third kappa shape index (κ3) is 8.51. The Hall–Kier alpha value is -5.09. The summed E-state index contributed by atoms with van der Waals surface area (Å²) in [6.45, 7) is 10.8. The molecule has 0 spiro atoms. The van der Waals surface area contributed by atoms with Gasteiger partial charge in [0.2, 0.25) is 5.91 Å². The molecule has 0 saturated carbocycles. The molecule has 0 aliphatic rings. The molecular formula is C38H41N3O4. The Morgan fingerprint density at radius 3 is 2.09 bits per heavy atom. The van der Waals surface area contributed by atoms with E-state index in [2.05, 4.69) is 16.6 Å². The van der Waals surface area contributed by atoms with Crippen molar-refractivity contribution in [2.24, 2.45) is 0 Å². The molecular weight excluding hydrogens is 562 g/mol. The van der Waals surface area contributed by atoms with Crippen LogP contribution in [0.4, 0.5) is 10.5 Å². The number of benzene rings is 4. The smallest absolute Gasteiger partial charge is 0.408 e. The van der Waals surface area contributed by atoms with Crippen molar-refractivity contribution >= 4 is 34.4 Å². The van der Waals surface area contributed by atoms with Crippen LogP contribution in [0.1, 0.15) is 64.3 Å². The molecule has 232 valence electrons. The van der Waals surface area contributed by atoms with Crippen LogP contribution in [0.2, 0.25) is 0 Å². The Morgan fingerprint density at radius 1 is 0.822 bits per heavy atom. The molecule has 2 unspecified atom stereocenters. The molecule has 0 aliphatic heterocycles. The molecule has 7 nitrogen and oxygen atoms in total. The second-order valence-corrected chi connectivity index (χ2v) is 13.0. The minimum atomic E-state index is -1.13. The van der Waals surface area contributed by atoms with Crippen molar-refractivity contribution in [3.63, 3.8) is 0 Å². The monoisotopic (exact) mass is 603 g/mol. The Kier molecular flexibility index (Phi) is 9.98. The van der Waals surface area contributed by atoms with Crippen LogP contribution in [-0.4, -0.2) is 40.0 Å². The third-order valence-corrected chi connectivity index (χ3v) is 7.17. The number of rotatable bonds is 8. The highest BCUT2D eigenvalue weighted by molar-refractivity contribution is 6.01. The van der Waals surface area contributed by atoms with Gasteiger partial charge in [-0.2, -0.15) is 0 Å². The number of alkyl carbamates (subject to hydrolysis) is 1. The first-order valence-corrected chi connectivity index (χ1v) is 15.0. The molecule has 45 heavy (non-hydrogen) atoms. The molecule has 4 rings (SSSR count). The van der Waals surface area contributed by atoms with Crippen molar-refractivity contribution in [2.45, 2.75) is 71.2 Å². The first-order valence-electron chi connectivity index (χ1n) is 15.0. The van der Waals surface area contributed by atoms with E-state index in [0.29, 0.717) is 16.8 Å². The molecule has 4 aromatic rings. The maximum atomic E-state index is 14.8. The van der Waals surface area contributed by atoms with E-state index in [-0.39, 0.29) is 6.42 Å². The number of amides is 3. The van der Waals surface area contributed by atoms with E-state index >= 15 is 0 Å². The number of carbonyl (C=O) groups is 3. The van der Waals surface area contributed by atoms with Gasteiger partial charge in [-0.1, -0.05) is 84.8 Å². The van der Waals surface area contributed by atoms with Gasteiger partial charge in [-0.05, 0) is 81.6 Å². The maximum absolute atomic E-state index is 14.8. The van der Waals surface area contributed by atoms with Crippen LogP contribution in [0.15, 0.2) is 97.1 Å². The second kappa shape index (κ2) is 13.7. The molecule has 0 aliphatic carbocycles. The summed E-state index contributed by atoms with van der Waals surface area (Å²) in [5.41, 5.74) is 0.741. The second-order valence-electron chi connectivity index (χ2n) is 13.0. The highest BCUT2D eigenvalue weighted by Crippen LogP contribution is 2.33. The summed E-state index contributed by atoms with van der Waals surface area (Å²) in [5, 5.41) is 7.83. The predicted molar refractivity (Wildman–Crippen MR) is 180 cm³/mol. The zero-order chi connectivity index (χ0) is 32.8. The number of hydrogen-bond donors (Lipinski definition) is 2. The first-order chi connectivity index (χ1) is 21.3. The van der Waals surface area contributed by atoms with Crippen LogP contribution in [0.25, 0.3) is 10.8 Å². The van der Waals surface area contributed by atoms with E-state index < -0.39 is 41.1 Å². The van der Waals surface area contributed by atoms with Crippen molar-refractivity contribution in [1.82, 2.24) is 10.2 Å². The van der Waals surface area contributed by atoms with Gasteiger partial charge in [-0.3, -0.25) is 9.59 Å². The van der Waals surface area contributed by atoms with Gasteiger partial charge >= 0.3 is 6.09 Å².